The van der Waals surface area contributed by atoms with Crippen molar-refractivity contribution < 1.29 is 14.2 Å². The Labute approximate surface area is 119 Å². The van der Waals surface area contributed by atoms with Crippen molar-refractivity contribution in [3.8, 4) is 17.2 Å². The molecule has 0 aromatic heterocycles. The van der Waals surface area contributed by atoms with Crippen LogP contribution >= 0.6 is 0 Å². The molecule has 0 atom stereocenters. The van der Waals surface area contributed by atoms with Gasteiger partial charge in [0, 0.05) is 38.8 Å². The van der Waals surface area contributed by atoms with E-state index in [1.165, 1.54) is 5.56 Å². The fraction of sp³-hybridized carbons (Fsp3) is 0.600. The molecule has 2 aliphatic heterocycles. The molecule has 1 fully saturated rings. The van der Waals surface area contributed by atoms with E-state index in [0.29, 0.717) is 13.2 Å². The Balaban J connectivity index is 1.70. The highest BCUT2D eigenvalue weighted by Gasteiger charge is 2.17. The van der Waals surface area contributed by atoms with Gasteiger partial charge in [-0.3, -0.25) is 0 Å². The first-order valence-electron chi connectivity index (χ1n) is 7.26. The van der Waals surface area contributed by atoms with E-state index in [1.54, 1.807) is 7.11 Å². The first kappa shape index (κ1) is 13.5. The number of benzene rings is 1. The molecule has 20 heavy (non-hydrogen) atoms. The molecule has 0 aliphatic carbocycles. The Morgan fingerprint density at radius 2 is 1.85 bits per heavy atom. The van der Waals surface area contributed by atoms with Crippen LogP contribution in [0.4, 0.5) is 0 Å². The van der Waals surface area contributed by atoms with Crippen LogP contribution in [-0.4, -0.2) is 57.9 Å². The van der Waals surface area contributed by atoms with Crippen LogP contribution < -0.4 is 19.5 Å². The van der Waals surface area contributed by atoms with E-state index in [4.69, 9.17) is 14.2 Å². The number of hydrogen-bond donors (Lipinski definition) is 1. The van der Waals surface area contributed by atoms with Crippen molar-refractivity contribution >= 4 is 0 Å². The minimum Gasteiger partial charge on any atom is -0.496 e. The Hall–Kier alpha value is -1.46. The van der Waals surface area contributed by atoms with Crippen molar-refractivity contribution in [2.75, 3.05) is 53.0 Å². The van der Waals surface area contributed by atoms with E-state index in [-0.39, 0.29) is 0 Å². The maximum absolute atomic E-state index is 5.65. The van der Waals surface area contributed by atoms with Crippen LogP contribution in [0.1, 0.15) is 5.56 Å². The molecule has 1 aromatic rings. The number of methoxy groups -OCH3 is 1. The second-order valence-corrected chi connectivity index (χ2v) is 5.15. The fourth-order valence-electron chi connectivity index (χ4n) is 2.71. The lowest BCUT2D eigenvalue weighted by atomic mass is 10.1. The van der Waals surface area contributed by atoms with Gasteiger partial charge in [0.25, 0.3) is 0 Å². The van der Waals surface area contributed by atoms with E-state index in [2.05, 4.69) is 16.3 Å². The van der Waals surface area contributed by atoms with Gasteiger partial charge in [-0.1, -0.05) is 0 Å². The van der Waals surface area contributed by atoms with Crippen molar-refractivity contribution in [1.29, 1.82) is 0 Å². The molecule has 0 radical (unpaired) electrons. The molecule has 0 unspecified atom stereocenters. The van der Waals surface area contributed by atoms with Crippen LogP contribution in [0.25, 0.3) is 0 Å². The van der Waals surface area contributed by atoms with Gasteiger partial charge >= 0.3 is 0 Å². The Bertz CT molecular complexity index is 459. The topological polar surface area (TPSA) is 43.0 Å². The van der Waals surface area contributed by atoms with E-state index >= 15 is 0 Å². The summed E-state index contributed by atoms with van der Waals surface area (Å²) < 4.78 is 16.7. The van der Waals surface area contributed by atoms with Crippen molar-refractivity contribution in [2.24, 2.45) is 0 Å². The zero-order valence-electron chi connectivity index (χ0n) is 12.0. The molecule has 1 aromatic carbocycles. The van der Waals surface area contributed by atoms with Crippen LogP contribution in [-0.2, 0) is 6.42 Å². The minimum atomic E-state index is 0.607. The number of ether oxygens (including phenoxy) is 3. The fourth-order valence-corrected chi connectivity index (χ4v) is 2.71. The lowest BCUT2D eigenvalue weighted by Crippen LogP contribution is -2.44. The summed E-state index contributed by atoms with van der Waals surface area (Å²) >= 11 is 0. The van der Waals surface area contributed by atoms with Gasteiger partial charge in [-0.2, -0.15) is 0 Å². The lowest BCUT2D eigenvalue weighted by Gasteiger charge is -2.27. The molecule has 2 aliphatic rings. The molecule has 1 saturated heterocycles. The van der Waals surface area contributed by atoms with E-state index in [1.807, 2.05) is 6.07 Å². The smallest absolute Gasteiger partial charge is 0.165 e. The third-order valence-corrected chi connectivity index (χ3v) is 3.85. The summed E-state index contributed by atoms with van der Waals surface area (Å²) in [6.07, 6.45) is 0.972. The van der Waals surface area contributed by atoms with E-state index in [0.717, 1.165) is 56.4 Å². The van der Waals surface area contributed by atoms with Crippen molar-refractivity contribution in [2.45, 2.75) is 6.42 Å². The van der Waals surface area contributed by atoms with E-state index in [9.17, 15) is 0 Å². The van der Waals surface area contributed by atoms with Gasteiger partial charge in [-0.15, -0.1) is 0 Å². The molecule has 1 N–H and O–H groups in total. The average molecular weight is 278 g/mol. The summed E-state index contributed by atoms with van der Waals surface area (Å²) in [5, 5.41) is 3.37. The molecular formula is C15H22N2O3. The van der Waals surface area contributed by atoms with Crippen LogP contribution in [0.2, 0.25) is 0 Å². The highest BCUT2D eigenvalue weighted by Crippen LogP contribution is 2.36. The standard InChI is InChI=1S/C15H22N2O3/c1-18-13-11-15-14(19-8-9-20-15)10-12(13)2-5-17-6-3-16-4-7-17/h10-11,16H,2-9H2,1H3. The molecule has 0 saturated carbocycles. The molecule has 2 heterocycles. The molecule has 110 valence electrons. The van der Waals surface area contributed by atoms with E-state index < -0.39 is 0 Å². The van der Waals surface area contributed by atoms with Crippen LogP contribution in [0.3, 0.4) is 0 Å². The zero-order chi connectivity index (χ0) is 13.8. The molecule has 5 heteroatoms. The number of hydrogen-bond acceptors (Lipinski definition) is 5. The molecule has 0 amide bonds. The van der Waals surface area contributed by atoms with Gasteiger partial charge in [0.2, 0.25) is 0 Å². The SMILES string of the molecule is COc1cc2c(cc1CCN1CCNCC1)OCCO2. The van der Waals surface area contributed by atoms with Gasteiger partial charge < -0.3 is 24.4 Å². The summed E-state index contributed by atoms with van der Waals surface area (Å²) in [6, 6.07) is 4.01. The molecule has 0 spiro atoms. The zero-order valence-corrected chi connectivity index (χ0v) is 12.0. The number of rotatable bonds is 4. The highest BCUT2D eigenvalue weighted by atomic mass is 16.6. The van der Waals surface area contributed by atoms with Crippen LogP contribution in [0.15, 0.2) is 12.1 Å². The first-order chi connectivity index (χ1) is 9.86. The largest absolute Gasteiger partial charge is 0.496 e. The quantitative estimate of drug-likeness (QED) is 0.887. The van der Waals surface area contributed by atoms with Gasteiger partial charge in [0.1, 0.15) is 19.0 Å². The molecule has 3 rings (SSSR count). The minimum absolute atomic E-state index is 0.607. The van der Waals surface area contributed by atoms with Gasteiger partial charge in [0.15, 0.2) is 11.5 Å². The lowest BCUT2D eigenvalue weighted by molar-refractivity contribution is 0.170. The van der Waals surface area contributed by atoms with Gasteiger partial charge in [-0.25, -0.2) is 0 Å². The van der Waals surface area contributed by atoms with Crippen LogP contribution in [0, 0.1) is 0 Å². The molecule has 0 bridgehead atoms. The maximum atomic E-state index is 5.65. The predicted octanol–water partition coefficient (Wildman–Crippen LogP) is 0.914. The summed E-state index contributed by atoms with van der Waals surface area (Å²) in [5.41, 5.74) is 1.19. The maximum Gasteiger partial charge on any atom is 0.165 e. The summed E-state index contributed by atoms with van der Waals surface area (Å²) in [5.74, 6) is 2.52. The second-order valence-electron chi connectivity index (χ2n) is 5.15. The highest BCUT2D eigenvalue weighted by molar-refractivity contribution is 5.51. The van der Waals surface area contributed by atoms with Crippen molar-refractivity contribution in [3.63, 3.8) is 0 Å². The summed E-state index contributed by atoms with van der Waals surface area (Å²) in [4.78, 5) is 2.48. The normalized spacial score (nSPS) is 18.9. The monoisotopic (exact) mass is 278 g/mol. The van der Waals surface area contributed by atoms with Gasteiger partial charge in [0.05, 0.1) is 7.11 Å². The van der Waals surface area contributed by atoms with Crippen LogP contribution in [0.5, 0.6) is 17.2 Å². The van der Waals surface area contributed by atoms with Gasteiger partial charge in [-0.05, 0) is 18.1 Å². The summed E-state index contributed by atoms with van der Waals surface area (Å²) in [6.45, 7) is 6.68. The first-order valence-corrected chi connectivity index (χ1v) is 7.26. The molecule has 5 nitrogen and oxygen atoms in total. The van der Waals surface area contributed by atoms with Crippen molar-refractivity contribution in [1.82, 2.24) is 10.2 Å². The third kappa shape index (κ3) is 2.99. The predicted molar refractivity (Wildman–Crippen MR) is 77.0 cm³/mol. The number of nitrogens with zero attached hydrogens (tertiary/aromatic N) is 1. The summed E-state index contributed by atoms with van der Waals surface area (Å²) in [7, 11) is 1.71. The number of piperazine rings is 1. The number of nitrogens with one attached hydrogen (secondary N) is 1. The van der Waals surface area contributed by atoms with Crippen molar-refractivity contribution in [3.05, 3.63) is 17.7 Å². The molecular weight excluding hydrogens is 256 g/mol. The Morgan fingerprint density at radius 1 is 1.15 bits per heavy atom. The Morgan fingerprint density at radius 3 is 2.55 bits per heavy atom. The third-order valence-electron chi connectivity index (χ3n) is 3.85. The average Bonchev–Trinajstić information content (AvgIpc) is 2.53. The number of fused-ring (bicyclic) bond motifs is 1. The second kappa shape index (κ2) is 6.33. The Kier molecular flexibility index (Phi) is 4.28.